The summed E-state index contributed by atoms with van der Waals surface area (Å²) >= 11 is 0. The number of hydrogen-bond acceptors (Lipinski definition) is 4. The molecule has 3 N–H and O–H groups in total. The Balaban J connectivity index is 2.79. The zero-order valence-electron chi connectivity index (χ0n) is 13.5. The van der Waals surface area contributed by atoms with Gasteiger partial charge in [0, 0.05) is 13.1 Å². The number of likely N-dealkylation sites (N-methyl/N-ethyl adjacent to an activating group) is 1. The topological polar surface area (TPSA) is 67.6 Å². The van der Waals surface area contributed by atoms with Gasteiger partial charge in [0.05, 0.1) is 7.11 Å². The molecule has 0 saturated carbocycles. The Morgan fingerprint density at radius 1 is 1.29 bits per heavy atom. The van der Waals surface area contributed by atoms with E-state index in [0.717, 1.165) is 30.9 Å². The summed E-state index contributed by atoms with van der Waals surface area (Å²) in [4.78, 5) is 14.2. The summed E-state index contributed by atoms with van der Waals surface area (Å²) in [7, 11) is 1.62. The van der Waals surface area contributed by atoms with Gasteiger partial charge in [0.1, 0.15) is 11.3 Å². The maximum Gasteiger partial charge on any atom is 0.242 e. The number of benzene rings is 1. The molecule has 21 heavy (non-hydrogen) atoms. The summed E-state index contributed by atoms with van der Waals surface area (Å²) in [5.41, 5.74) is 5.58. The number of nitrogens with one attached hydrogen (secondary N) is 1. The summed E-state index contributed by atoms with van der Waals surface area (Å²) in [5, 5.41) is 3.29. The van der Waals surface area contributed by atoms with Crippen LogP contribution < -0.4 is 15.8 Å². The molecule has 0 saturated heterocycles. The van der Waals surface area contributed by atoms with Gasteiger partial charge in [0.2, 0.25) is 5.91 Å². The van der Waals surface area contributed by atoms with E-state index in [4.69, 9.17) is 10.5 Å². The lowest BCUT2D eigenvalue weighted by molar-refractivity contribution is -0.124. The van der Waals surface area contributed by atoms with Gasteiger partial charge in [-0.1, -0.05) is 26.0 Å². The number of nitrogens with zero attached hydrogens (tertiary/aromatic N) is 1. The molecule has 0 aromatic heterocycles. The third-order valence-electron chi connectivity index (χ3n) is 3.96. The van der Waals surface area contributed by atoms with E-state index in [0.29, 0.717) is 6.54 Å². The number of hydrogen-bond donors (Lipinski definition) is 2. The quantitative estimate of drug-likeness (QED) is 0.721. The minimum Gasteiger partial charge on any atom is -0.497 e. The Bertz CT molecular complexity index is 443. The van der Waals surface area contributed by atoms with Crippen LogP contribution in [0.2, 0.25) is 0 Å². The lowest BCUT2D eigenvalue weighted by Gasteiger charge is -2.29. The largest absolute Gasteiger partial charge is 0.497 e. The van der Waals surface area contributed by atoms with E-state index >= 15 is 0 Å². The van der Waals surface area contributed by atoms with Gasteiger partial charge >= 0.3 is 0 Å². The molecule has 1 unspecified atom stereocenters. The fraction of sp³-hybridized carbons (Fsp3) is 0.562. The highest BCUT2D eigenvalue weighted by atomic mass is 16.5. The molecule has 0 aliphatic carbocycles. The van der Waals surface area contributed by atoms with Crippen molar-refractivity contribution in [3.05, 3.63) is 29.8 Å². The van der Waals surface area contributed by atoms with Crippen LogP contribution in [-0.4, -0.2) is 44.1 Å². The van der Waals surface area contributed by atoms with Gasteiger partial charge in [0.25, 0.3) is 0 Å². The molecule has 1 amide bonds. The molecule has 0 spiro atoms. The number of carbonyl (C=O) groups excluding carboxylic acids is 1. The number of methoxy groups -OCH3 is 1. The van der Waals surface area contributed by atoms with Crippen LogP contribution in [-0.2, 0) is 10.3 Å². The van der Waals surface area contributed by atoms with Crippen molar-refractivity contribution in [3.63, 3.8) is 0 Å². The molecular formula is C16H27N3O2. The molecular weight excluding hydrogens is 266 g/mol. The molecule has 0 radical (unpaired) electrons. The maximum atomic E-state index is 11.9. The number of primary amides is 1. The van der Waals surface area contributed by atoms with Crippen molar-refractivity contribution >= 4 is 5.91 Å². The van der Waals surface area contributed by atoms with E-state index in [2.05, 4.69) is 24.1 Å². The van der Waals surface area contributed by atoms with Gasteiger partial charge in [-0.25, -0.2) is 0 Å². The van der Waals surface area contributed by atoms with E-state index in [1.807, 2.05) is 31.2 Å². The highest BCUT2D eigenvalue weighted by Gasteiger charge is 2.32. The number of nitrogens with two attached hydrogens (primary N) is 1. The third-order valence-corrected chi connectivity index (χ3v) is 3.96. The van der Waals surface area contributed by atoms with Crippen LogP contribution in [0.4, 0.5) is 0 Å². The van der Waals surface area contributed by atoms with Crippen LogP contribution in [0.25, 0.3) is 0 Å². The first-order valence-corrected chi connectivity index (χ1v) is 7.39. The molecule has 1 aromatic rings. The van der Waals surface area contributed by atoms with E-state index in [1.54, 1.807) is 7.11 Å². The standard InChI is InChI=1S/C16H27N3O2/c1-5-19(6-2)12-11-18-16(3,15(17)20)13-7-9-14(21-4)10-8-13/h7-10,18H,5-6,11-12H2,1-4H3,(H2,17,20). The molecule has 118 valence electrons. The van der Waals surface area contributed by atoms with Crippen molar-refractivity contribution in [1.82, 2.24) is 10.2 Å². The summed E-state index contributed by atoms with van der Waals surface area (Å²) in [5.74, 6) is 0.376. The van der Waals surface area contributed by atoms with Gasteiger partial charge in [0.15, 0.2) is 0 Å². The lowest BCUT2D eigenvalue weighted by Crippen LogP contribution is -2.52. The van der Waals surface area contributed by atoms with E-state index < -0.39 is 5.54 Å². The normalized spacial score (nSPS) is 14.0. The second-order valence-electron chi connectivity index (χ2n) is 5.17. The number of amides is 1. The van der Waals surface area contributed by atoms with Crippen LogP contribution in [0.1, 0.15) is 26.3 Å². The van der Waals surface area contributed by atoms with Crippen molar-refractivity contribution < 1.29 is 9.53 Å². The Kier molecular flexibility index (Phi) is 6.65. The van der Waals surface area contributed by atoms with Gasteiger partial charge in [-0.15, -0.1) is 0 Å². The zero-order chi connectivity index (χ0) is 15.9. The van der Waals surface area contributed by atoms with Crippen LogP contribution in [0, 0.1) is 0 Å². The smallest absolute Gasteiger partial charge is 0.242 e. The molecule has 1 rings (SSSR count). The molecule has 1 aromatic carbocycles. The fourth-order valence-corrected chi connectivity index (χ4v) is 2.26. The summed E-state index contributed by atoms with van der Waals surface area (Å²) in [6, 6.07) is 7.41. The van der Waals surface area contributed by atoms with Crippen LogP contribution >= 0.6 is 0 Å². The Morgan fingerprint density at radius 2 is 1.86 bits per heavy atom. The zero-order valence-corrected chi connectivity index (χ0v) is 13.5. The highest BCUT2D eigenvalue weighted by Crippen LogP contribution is 2.23. The van der Waals surface area contributed by atoms with E-state index in [9.17, 15) is 4.79 Å². The third kappa shape index (κ3) is 4.44. The van der Waals surface area contributed by atoms with Crippen molar-refractivity contribution in [1.29, 1.82) is 0 Å². The Morgan fingerprint density at radius 3 is 2.29 bits per heavy atom. The van der Waals surface area contributed by atoms with Gasteiger partial charge in [-0.3, -0.25) is 10.1 Å². The monoisotopic (exact) mass is 293 g/mol. The lowest BCUT2D eigenvalue weighted by atomic mass is 9.91. The van der Waals surface area contributed by atoms with Crippen molar-refractivity contribution in [2.75, 3.05) is 33.3 Å². The second kappa shape index (κ2) is 8.00. The minimum absolute atomic E-state index is 0.382. The molecule has 0 fully saturated rings. The highest BCUT2D eigenvalue weighted by molar-refractivity contribution is 5.85. The predicted molar refractivity (Wildman–Crippen MR) is 85.3 cm³/mol. The number of rotatable bonds is 9. The molecule has 5 heteroatoms. The average Bonchev–Trinajstić information content (AvgIpc) is 2.51. The van der Waals surface area contributed by atoms with Crippen LogP contribution in [0.3, 0.4) is 0 Å². The predicted octanol–water partition coefficient (Wildman–Crippen LogP) is 1.33. The first kappa shape index (κ1) is 17.5. The molecule has 0 heterocycles. The average molecular weight is 293 g/mol. The van der Waals surface area contributed by atoms with Crippen molar-refractivity contribution in [2.45, 2.75) is 26.3 Å². The van der Waals surface area contributed by atoms with E-state index in [-0.39, 0.29) is 5.91 Å². The second-order valence-corrected chi connectivity index (χ2v) is 5.17. The molecule has 0 aliphatic heterocycles. The van der Waals surface area contributed by atoms with Gasteiger partial charge in [-0.05, 0) is 37.7 Å². The fourth-order valence-electron chi connectivity index (χ4n) is 2.26. The van der Waals surface area contributed by atoms with Crippen molar-refractivity contribution in [2.24, 2.45) is 5.73 Å². The minimum atomic E-state index is -0.876. The van der Waals surface area contributed by atoms with Crippen molar-refractivity contribution in [3.8, 4) is 5.75 Å². The summed E-state index contributed by atoms with van der Waals surface area (Å²) < 4.78 is 5.14. The van der Waals surface area contributed by atoms with Crippen LogP contribution in [0.15, 0.2) is 24.3 Å². The molecule has 1 atom stereocenters. The van der Waals surface area contributed by atoms with E-state index in [1.165, 1.54) is 0 Å². The number of ether oxygens (including phenoxy) is 1. The Hall–Kier alpha value is -1.59. The first-order chi connectivity index (χ1) is 9.97. The van der Waals surface area contributed by atoms with Crippen LogP contribution in [0.5, 0.6) is 5.75 Å². The molecule has 0 aliphatic rings. The maximum absolute atomic E-state index is 11.9. The Labute approximate surface area is 127 Å². The first-order valence-electron chi connectivity index (χ1n) is 7.39. The SMILES string of the molecule is CCN(CC)CCNC(C)(C(N)=O)c1ccc(OC)cc1. The van der Waals surface area contributed by atoms with Gasteiger partial charge < -0.3 is 15.4 Å². The molecule has 5 nitrogen and oxygen atoms in total. The number of carbonyl (C=O) groups is 1. The summed E-state index contributed by atoms with van der Waals surface area (Å²) in [6.45, 7) is 9.64. The summed E-state index contributed by atoms with van der Waals surface area (Å²) in [6.07, 6.45) is 0. The molecule has 0 bridgehead atoms. The van der Waals surface area contributed by atoms with Gasteiger partial charge in [-0.2, -0.15) is 0 Å².